The van der Waals surface area contributed by atoms with Crippen molar-refractivity contribution in [1.29, 1.82) is 0 Å². The molecule has 0 aromatic carbocycles. The van der Waals surface area contributed by atoms with Gasteiger partial charge >= 0.3 is 0 Å². The highest BCUT2D eigenvalue weighted by molar-refractivity contribution is 5.96. The zero-order chi connectivity index (χ0) is 21.9. The van der Waals surface area contributed by atoms with E-state index in [0.29, 0.717) is 0 Å². The fraction of sp³-hybridized carbons (Fsp3) is 0.160. The number of fused-ring (bicyclic) bond motifs is 1. The maximum atomic E-state index is 6.03. The van der Waals surface area contributed by atoms with Gasteiger partial charge in [-0.05, 0) is 55.3 Å². The van der Waals surface area contributed by atoms with Gasteiger partial charge in [0.05, 0.1) is 28.5 Å². The summed E-state index contributed by atoms with van der Waals surface area (Å²) in [7, 11) is 0. The molecule has 0 atom stereocenters. The highest BCUT2D eigenvalue weighted by atomic mass is 15.1. The third-order valence-corrected chi connectivity index (χ3v) is 5.78. The quantitative estimate of drug-likeness (QED) is 0.403. The number of hydrogen-bond acceptors (Lipinski definition) is 5. The Morgan fingerprint density at radius 1 is 1.22 bits per heavy atom. The molecule has 1 aliphatic heterocycles. The highest BCUT2D eigenvalue weighted by Gasteiger charge is 2.14. The lowest BCUT2D eigenvalue weighted by Gasteiger charge is -2.14. The van der Waals surface area contributed by atoms with E-state index in [-0.39, 0.29) is 0 Å². The van der Waals surface area contributed by atoms with Crippen LogP contribution in [-0.2, 0) is 0 Å². The maximum Gasteiger partial charge on any atom is 0.116 e. The Labute approximate surface area is 185 Å². The Kier molecular flexibility index (Phi) is 5.39. The van der Waals surface area contributed by atoms with Crippen LogP contribution in [0.1, 0.15) is 13.3 Å². The fourth-order valence-electron chi connectivity index (χ4n) is 4.13. The second-order valence-corrected chi connectivity index (χ2v) is 7.68. The summed E-state index contributed by atoms with van der Waals surface area (Å²) < 4.78 is 0. The first-order valence-electron chi connectivity index (χ1n) is 10.7. The van der Waals surface area contributed by atoms with Crippen LogP contribution in [0, 0.1) is 0 Å². The Balaban J connectivity index is 1.67. The molecule has 0 amide bonds. The predicted molar refractivity (Wildman–Crippen MR) is 129 cm³/mol. The molecule has 0 unspecified atom stereocenters. The Morgan fingerprint density at radius 2 is 2.16 bits per heavy atom. The van der Waals surface area contributed by atoms with Crippen molar-refractivity contribution in [1.82, 2.24) is 30.5 Å². The molecule has 0 radical (unpaired) electrons. The lowest BCUT2D eigenvalue weighted by molar-refractivity contribution is 0.710. The van der Waals surface area contributed by atoms with E-state index in [0.717, 1.165) is 69.2 Å². The van der Waals surface area contributed by atoms with Crippen LogP contribution in [0.4, 0.5) is 0 Å². The lowest BCUT2D eigenvalue weighted by Crippen LogP contribution is -2.25. The Hall–Kier alpha value is -3.97. The molecule has 5 heterocycles. The average Bonchev–Trinajstić information content (AvgIpc) is 3.47. The van der Waals surface area contributed by atoms with E-state index in [1.54, 1.807) is 12.4 Å². The second-order valence-electron chi connectivity index (χ2n) is 7.68. The molecule has 4 aromatic rings. The molecule has 7 heteroatoms. The van der Waals surface area contributed by atoms with Crippen LogP contribution in [0.25, 0.3) is 45.7 Å². The van der Waals surface area contributed by atoms with E-state index in [2.05, 4.69) is 48.7 Å². The Morgan fingerprint density at radius 3 is 2.91 bits per heavy atom. The topological polar surface area (TPSA) is 108 Å². The monoisotopic (exact) mass is 423 g/mol. The van der Waals surface area contributed by atoms with Gasteiger partial charge in [0.1, 0.15) is 5.69 Å². The smallest absolute Gasteiger partial charge is 0.116 e. The van der Waals surface area contributed by atoms with Crippen molar-refractivity contribution in [2.24, 2.45) is 5.73 Å². The molecule has 4 aromatic heterocycles. The normalized spacial score (nSPS) is 16.0. The van der Waals surface area contributed by atoms with Crippen LogP contribution in [-0.4, -0.2) is 38.2 Å². The summed E-state index contributed by atoms with van der Waals surface area (Å²) in [5.41, 5.74) is 12.9. The third-order valence-electron chi connectivity index (χ3n) is 5.78. The molecule has 5 N–H and O–H groups in total. The molecule has 0 saturated carbocycles. The van der Waals surface area contributed by atoms with Gasteiger partial charge in [0.2, 0.25) is 0 Å². The van der Waals surface area contributed by atoms with Gasteiger partial charge in [-0.3, -0.25) is 15.1 Å². The van der Waals surface area contributed by atoms with Gasteiger partial charge < -0.3 is 16.0 Å². The number of aromatic amines is 2. The van der Waals surface area contributed by atoms with Crippen LogP contribution in [0.15, 0.2) is 66.3 Å². The zero-order valence-electron chi connectivity index (χ0n) is 17.9. The first kappa shape index (κ1) is 20.0. The summed E-state index contributed by atoms with van der Waals surface area (Å²) in [6.45, 7) is 3.81. The summed E-state index contributed by atoms with van der Waals surface area (Å²) in [6.07, 6.45) is 14.4. The van der Waals surface area contributed by atoms with Gasteiger partial charge in [-0.15, -0.1) is 0 Å². The van der Waals surface area contributed by atoms with Crippen molar-refractivity contribution < 1.29 is 0 Å². The third kappa shape index (κ3) is 3.63. The van der Waals surface area contributed by atoms with Crippen molar-refractivity contribution >= 4 is 23.1 Å². The predicted octanol–water partition coefficient (Wildman–Crippen LogP) is 2.36. The van der Waals surface area contributed by atoms with Crippen molar-refractivity contribution in [3.8, 4) is 22.6 Å². The largest absolute Gasteiger partial charge is 0.404 e. The molecular formula is C25H25N7. The molecule has 0 fully saturated rings. The summed E-state index contributed by atoms with van der Waals surface area (Å²) in [6, 6.07) is 8.00. The number of nitrogens with two attached hydrogens (primary N) is 1. The van der Waals surface area contributed by atoms with Crippen molar-refractivity contribution in [3.63, 3.8) is 0 Å². The van der Waals surface area contributed by atoms with Crippen LogP contribution in [0.3, 0.4) is 0 Å². The summed E-state index contributed by atoms with van der Waals surface area (Å²) in [4.78, 5) is 12.4. The molecule has 0 aliphatic carbocycles. The van der Waals surface area contributed by atoms with E-state index in [1.165, 1.54) is 5.57 Å². The van der Waals surface area contributed by atoms with Gasteiger partial charge in [0.25, 0.3) is 0 Å². The molecule has 0 saturated heterocycles. The molecule has 0 spiro atoms. The molecular weight excluding hydrogens is 398 g/mol. The zero-order valence-corrected chi connectivity index (χ0v) is 17.9. The first-order valence-corrected chi connectivity index (χ1v) is 10.7. The molecule has 32 heavy (non-hydrogen) atoms. The minimum atomic E-state index is 0.843. The lowest BCUT2D eigenvalue weighted by atomic mass is 9.99. The highest BCUT2D eigenvalue weighted by Crippen LogP contribution is 2.29. The number of aromatic nitrogens is 5. The van der Waals surface area contributed by atoms with E-state index in [1.807, 2.05) is 43.6 Å². The van der Waals surface area contributed by atoms with Crippen molar-refractivity contribution in [3.05, 3.63) is 76.8 Å². The molecule has 0 bridgehead atoms. The van der Waals surface area contributed by atoms with E-state index in [9.17, 15) is 0 Å². The summed E-state index contributed by atoms with van der Waals surface area (Å²) in [5, 5.41) is 14.2. The van der Waals surface area contributed by atoms with Crippen LogP contribution < -0.4 is 21.6 Å². The minimum absolute atomic E-state index is 0.843. The second kappa shape index (κ2) is 8.64. The van der Waals surface area contributed by atoms with E-state index in [4.69, 9.17) is 5.73 Å². The number of allylic oxidation sites excluding steroid dienone is 1. The van der Waals surface area contributed by atoms with Crippen molar-refractivity contribution in [2.45, 2.75) is 13.3 Å². The number of nitrogens with one attached hydrogen (secondary N) is 3. The van der Waals surface area contributed by atoms with Crippen LogP contribution in [0.5, 0.6) is 0 Å². The fourth-order valence-corrected chi connectivity index (χ4v) is 4.13. The van der Waals surface area contributed by atoms with Crippen LogP contribution >= 0.6 is 0 Å². The molecule has 160 valence electrons. The van der Waals surface area contributed by atoms with Crippen LogP contribution in [0.2, 0.25) is 0 Å². The van der Waals surface area contributed by atoms with Gasteiger partial charge in [-0.25, -0.2) is 0 Å². The number of H-pyrrole nitrogens is 2. The number of nitrogens with zero attached hydrogens (tertiary/aromatic N) is 3. The van der Waals surface area contributed by atoms with Gasteiger partial charge in [-0.2, -0.15) is 5.10 Å². The van der Waals surface area contributed by atoms with E-state index < -0.39 is 0 Å². The number of rotatable bonds is 4. The standard InChI is InChI=1S/C25H25N7/c1-2-21-19(11-17(13-26)16-6-9-27-10-7-16)25(32-31-21)23-12-18-20(14-28-15-24(18)30-23)22-5-3-4-8-29-22/h2-6,8,11-15,27,30-31H,7,9-10,26H2,1H3/b17-13+,19-11+,21-2-. The number of hydrogen-bond donors (Lipinski definition) is 4. The summed E-state index contributed by atoms with van der Waals surface area (Å²) in [5.74, 6) is 0. The average molecular weight is 424 g/mol. The van der Waals surface area contributed by atoms with Gasteiger partial charge in [0.15, 0.2) is 0 Å². The first-order chi connectivity index (χ1) is 15.8. The Bertz CT molecular complexity index is 1440. The van der Waals surface area contributed by atoms with E-state index >= 15 is 0 Å². The molecule has 5 rings (SSSR count). The summed E-state index contributed by atoms with van der Waals surface area (Å²) >= 11 is 0. The van der Waals surface area contributed by atoms with Crippen molar-refractivity contribution in [2.75, 3.05) is 13.1 Å². The van der Waals surface area contributed by atoms with Gasteiger partial charge in [-0.1, -0.05) is 18.2 Å². The molecule has 1 aliphatic rings. The maximum absolute atomic E-state index is 6.03. The SMILES string of the molecule is C\C=c1/[nH]nc(-c2cc3c(-c4ccccn4)cncc3[nH]2)/c1=C/C(=C\N)C1=CCNCC1. The minimum Gasteiger partial charge on any atom is -0.404 e. The molecule has 7 nitrogen and oxygen atoms in total. The van der Waals surface area contributed by atoms with Gasteiger partial charge in [0, 0.05) is 41.3 Å². The number of pyridine rings is 2.